The molecule has 0 aromatic heterocycles. The normalized spacial score (nSPS) is 13.1. The number of methoxy groups -OCH3 is 1. The molecule has 0 radical (unpaired) electrons. The molecule has 100 valence electrons. The van der Waals surface area contributed by atoms with Gasteiger partial charge in [-0.15, -0.1) is 0 Å². The number of amides is 1. The summed E-state index contributed by atoms with van der Waals surface area (Å²) >= 11 is 0. The summed E-state index contributed by atoms with van der Waals surface area (Å²) in [5, 5.41) is 2.91. The molecule has 17 heavy (non-hydrogen) atoms. The van der Waals surface area contributed by atoms with Crippen LogP contribution in [0.1, 0.15) is 13.8 Å². The van der Waals surface area contributed by atoms with Crippen molar-refractivity contribution in [1.29, 1.82) is 0 Å². The van der Waals surface area contributed by atoms with E-state index in [0.717, 1.165) is 0 Å². The van der Waals surface area contributed by atoms with E-state index in [-0.39, 0.29) is 11.9 Å². The zero-order chi connectivity index (χ0) is 13.3. The van der Waals surface area contributed by atoms with E-state index in [0.29, 0.717) is 25.7 Å². The third-order valence-corrected chi connectivity index (χ3v) is 2.28. The lowest BCUT2D eigenvalue weighted by molar-refractivity contribution is -0.131. The van der Waals surface area contributed by atoms with E-state index in [4.69, 9.17) is 10.6 Å². The minimum Gasteiger partial charge on any atom is -0.383 e. The van der Waals surface area contributed by atoms with E-state index in [1.54, 1.807) is 26.0 Å². The highest BCUT2D eigenvalue weighted by atomic mass is 16.5. The summed E-state index contributed by atoms with van der Waals surface area (Å²) in [6.07, 6.45) is 0. The monoisotopic (exact) mass is 245 g/mol. The highest BCUT2D eigenvalue weighted by molar-refractivity contribution is 5.88. The number of nitrogens with one attached hydrogen (secondary N) is 2. The van der Waals surface area contributed by atoms with Crippen LogP contribution >= 0.6 is 0 Å². The van der Waals surface area contributed by atoms with E-state index in [2.05, 4.69) is 15.7 Å². The van der Waals surface area contributed by atoms with Crippen molar-refractivity contribution in [3.8, 4) is 0 Å². The smallest absolute Gasteiger partial charge is 0.244 e. The van der Waals surface area contributed by atoms with Crippen LogP contribution in [0, 0.1) is 0 Å². The van der Waals surface area contributed by atoms with Gasteiger partial charge < -0.3 is 15.0 Å². The lowest BCUT2D eigenvalue weighted by atomic mass is 10.3. The molecule has 0 saturated heterocycles. The SMILES string of the molecule is CCN(C)C(=O)C(C)NC(=NCCOC)NN. The van der Waals surface area contributed by atoms with E-state index >= 15 is 0 Å². The molecule has 0 aromatic rings. The Labute approximate surface area is 102 Å². The summed E-state index contributed by atoms with van der Waals surface area (Å²) in [4.78, 5) is 17.5. The average molecular weight is 245 g/mol. The number of carbonyl (C=O) groups excluding carboxylic acids is 1. The zero-order valence-corrected chi connectivity index (χ0v) is 11.0. The van der Waals surface area contributed by atoms with Crippen LogP contribution < -0.4 is 16.6 Å². The van der Waals surface area contributed by atoms with Gasteiger partial charge >= 0.3 is 0 Å². The number of ether oxygens (including phenoxy) is 1. The standard InChI is InChI=1S/C10H23N5O2/c1-5-15(3)9(16)8(2)13-10(14-11)12-6-7-17-4/h8H,5-7,11H2,1-4H3,(H2,12,13,14). The topological polar surface area (TPSA) is 92.0 Å². The maximum Gasteiger partial charge on any atom is 0.244 e. The number of hydrogen-bond acceptors (Lipinski definition) is 4. The number of hydrogen-bond donors (Lipinski definition) is 3. The molecular weight excluding hydrogens is 222 g/mol. The molecule has 7 heteroatoms. The maximum atomic E-state index is 11.8. The van der Waals surface area contributed by atoms with Crippen molar-refractivity contribution in [2.45, 2.75) is 19.9 Å². The van der Waals surface area contributed by atoms with E-state index in [1.807, 2.05) is 6.92 Å². The fourth-order valence-electron chi connectivity index (χ4n) is 1.13. The van der Waals surface area contributed by atoms with Crippen LogP contribution in [0.15, 0.2) is 4.99 Å². The molecule has 0 bridgehead atoms. The second kappa shape index (κ2) is 8.77. The Balaban J connectivity index is 4.27. The molecule has 0 aromatic carbocycles. The van der Waals surface area contributed by atoms with Crippen LogP contribution in [0.3, 0.4) is 0 Å². The second-order valence-corrected chi connectivity index (χ2v) is 3.59. The van der Waals surface area contributed by atoms with Gasteiger partial charge in [0.2, 0.25) is 11.9 Å². The molecule has 0 aliphatic heterocycles. The minimum absolute atomic E-state index is 0.0119. The van der Waals surface area contributed by atoms with Crippen molar-refractivity contribution in [3.63, 3.8) is 0 Å². The molecule has 0 fully saturated rings. The van der Waals surface area contributed by atoms with Gasteiger partial charge in [0.1, 0.15) is 6.04 Å². The summed E-state index contributed by atoms with van der Waals surface area (Å²) in [6.45, 7) is 5.33. The van der Waals surface area contributed by atoms with Crippen molar-refractivity contribution in [3.05, 3.63) is 0 Å². The van der Waals surface area contributed by atoms with Gasteiger partial charge in [0.15, 0.2) is 0 Å². The quantitative estimate of drug-likeness (QED) is 0.182. The first-order chi connectivity index (χ1) is 8.06. The second-order valence-electron chi connectivity index (χ2n) is 3.59. The first kappa shape index (κ1) is 15.7. The number of nitrogens with zero attached hydrogens (tertiary/aromatic N) is 2. The Morgan fingerprint density at radius 2 is 2.24 bits per heavy atom. The fraction of sp³-hybridized carbons (Fsp3) is 0.800. The number of aliphatic imine (C=N–C) groups is 1. The first-order valence-corrected chi connectivity index (χ1v) is 5.58. The Morgan fingerprint density at radius 1 is 1.59 bits per heavy atom. The largest absolute Gasteiger partial charge is 0.383 e. The molecule has 0 rings (SSSR count). The van der Waals surface area contributed by atoms with Crippen LogP contribution in [0.5, 0.6) is 0 Å². The molecule has 0 heterocycles. The van der Waals surface area contributed by atoms with Crippen LogP contribution in [0.4, 0.5) is 0 Å². The number of carbonyl (C=O) groups is 1. The lowest BCUT2D eigenvalue weighted by Gasteiger charge is -2.21. The van der Waals surface area contributed by atoms with Crippen molar-refractivity contribution in [2.24, 2.45) is 10.8 Å². The van der Waals surface area contributed by atoms with Crippen LogP contribution in [0.2, 0.25) is 0 Å². The predicted molar refractivity (Wildman–Crippen MR) is 67.4 cm³/mol. The Hall–Kier alpha value is -1.34. The molecule has 7 nitrogen and oxygen atoms in total. The minimum atomic E-state index is -0.378. The number of rotatable bonds is 6. The van der Waals surface area contributed by atoms with Crippen LogP contribution in [-0.2, 0) is 9.53 Å². The first-order valence-electron chi connectivity index (χ1n) is 5.58. The molecule has 0 saturated carbocycles. The number of hydrazine groups is 1. The predicted octanol–water partition coefficient (Wildman–Crippen LogP) is -1.09. The van der Waals surface area contributed by atoms with Crippen molar-refractivity contribution in [1.82, 2.24) is 15.6 Å². The van der Waals surface area contributed by atoms with Gasteiger partial charge in [-0.05, 0) is 13.8 Å². The summed E-state index contributed by atoms with van der Waals surface area (Å²) < 4.78 is 4.87. The lowest BCUT2D eigenvalue weighted by Crippen LogP contribution is -2.51. The third-order valence-electron chi connectivity index (χ3n) is 2.28. The molecule has 0 aliphatic rings. The Morgan fingerprint density at radius 3 is 2.71 bits per heavy atom. The van der Waals surface area contributed by atoms with Gasteiger partial charge in [0.25, 0.3) is 0 Å². The highest BCUT2D eigenvalue weighted by Gasteiger charge is 2.16. The summed E-state index contributed by atoms with van der Waals surface area (Å²) in [5.41, 5.74) is 2.42. The molecule has 1 amide bonds. The van der Waals surface area contributed by atoms with E-state index in [9.17, 15) is 4.79 Å². The van der Waals surface area contributed by atoms with Gasteiger partial charge in [-0.1, -0.05) is 0 Å². The molecule has 1 unspecified atom stereocenters. The maximum absolute atomic E-state index is 11.8. The van der Waals surface area contributed by atoms with Crippen molar-refractivity contribution in [2.75, 3.05) is 33.9 Å². The summed E-state index contributed by atoms with van der Waals surface area (Å²) in [5.74, 6) is 5.67. The Kier molecular flexibility index (Phi) is 8.08. The number of guanidine groups is 1. The summed E-state index contributed by atoms with van der Waals surface area (Å²) in [6, 6.07) is -0.378. The highest BCUT2D eigenvalue weighted by Crippen LogP contribution is 1.91. The van der Waals surface area contributed by atoms with E-state index in [1.165, 1.54) is 0 Å². The molecule has 4 N–H and O–H groups in total. The molecule has 0 spiro atoms. The number of nitrogens with two attached hydrogens (primary N) is 1. The molecule has 0 aliphatic carbocycles. The third kappa shape index (κ3) is 6.08. The van der Waals surface area contributed by atoms with Gasteiger partial charge in [-0.25, -0.2) is 10.8 Å². The van der Waals surface area contributed by atoms with Crippen molar-refractivity contribution >= 4 is 11.9 Å². The van der Waals surface area contributed by atoms with E-state index < -0.39 is 0 Å². The van der Waals surface area contributed by atoms with Gasteiger partial charge in [-0.2, -0.15) is 0 Å². The van der Waals surface area contributed by atoms with Gasteiger partial charge in [-0.3, -0.25) is 10.2 Å². The summed E-state index contributed by atoms with van der Waals surface area (Å²) in [7, 11) is 3.35. The van der Waals surface area contributed by atoms with Crippen LogP contribution in [0.25, 0.3) is 0 Å². The number of likely N-dealkylation sites (N-methyl/N-ethyl adjacent to an activating group) is 1. The van der Waals surface area contributed by atoms with Crippen LogP contribution in [-0.4, -0.2) is 56.7 Å². The average Bonchev–Trinajstić information content (AvgIpc) is 2.35. The van der Waals surface area contributed by atoms with Gasteiger partial charge in [0, 0.05) is 20.7 Å². The molecule has 1 atom stereocenters. The molecular formula is C10H23N5O2. The van der Waals surface area contributed by atoms with Crippen molar-refractivity contribution < 1.29 is 9.53 Å². The Bertz CT molecular complexity index is 257. The van der Waals surface area contributed by atoms with Gasteiger partial charge in [0.05, 0.1) is 13.2 Å². The fourth-order valence-corrected chi connectivity index (χ4v) is 1.13. The zero-order valence-electron chi connectivity index (χ0n) is 11.0.